The average Bonchev–Trinajstić information content (AvgIpc) is 2.53. The zero-order valence-corrected chi connectivity index (χ0v) is 12.4. The van der Waals surface area contributed by atoms with E-state index in [4.69, 9.17) is 27.9 Å². The van der Waals surface area contributed by atoms with Crippen molar-refractivity contribution in [2.75, 3.05) is 7.11 Å². The van der Waals surface area contributed by atoms with E-state index in [0.717, 1.165) is 5.56 Å². The van der Waals surface area contributed by atoms with Crippen LogP contribution in [0.25, 0.3) is 0 Å². The molecule has 0 aliphatic carbocycles. The quantitative estimate of drug-likeness (QED) is 0.602. The first-order valence-electron chi connectivity index (χ1n) is 6.15. The predicted octanol–water partition coefficient (Wildman–Crippen LogP) is 4.47. The van der Waals surface area contributed by atoms with Crippen LogP contribution in [0.4, 0.5) is 0 Å². The SMILES string of the molecule is COc1ccc(C(=O)[C@H](Cl)[C@H](Cl)c2ccccc2)cc1. The number of alkyl halides is 2. The summed E-state index contributed by atoms with van der Waals surface area (Å²) >= 11 is 12.5. The van der Waals surface area contributed by atoms with Gasteiger partial charge < -0.3 is 4.74 Å². The molecule has 0 fully saturated rings. The van der Waals surface area contributed by atoms with Gasteiger partial charge in [0.25, 0.3) is 0 Å². The van der Waals surface area contributed by atoms with E-state index in [1.165, 1.54) is 0 Å². The molecule has 0 aliphatic heterocycles. The summed E-state index contributed by atoms with van der Waals surface area (Å²) in [4.78, 5) is 12.3. The van der Waals surface area contributed by atoms with Crippen LogP contribution in [0.15, 0.2) is 54.6 Å². The van der Waals surface area contributed by atoms with Gasteiger partial charge in [0.05, 0.1) is 12.5 Å². The van der Waals surface area contributed by atoms with E-state index in [9.17, 15) is 4.79 Å². The van der Waals surface area contributed by atoms with Crippen LogP contribution in [0, 0.1) is 0 Å². The number of carbonyl (C=O) groups excluding carboxylic acids is 1. The lowest BCUT2D eigenvalue weighted by Gasteiger charge is -2.15. The molecule has 0 aromatic heterocycles. The Labute approximate surface area is 128 Å². The van der Waals surface area contributed by atoms with Gasteiger partial charge in [-0.2, -0.15) is 0 Å². The van der Waals surface area contributed by atoms with Gasteiger partial charge in [0.2, 0.25) is 0 Å². The zero-order valence-electron chi connectivity index (χ0n) is 10.9. The topological polar surface area (TPSA) is 26.3 Å². The lowest BCUT2D eigenvalue weighted by molar-refractivity contribution is 0.0985. The molecule has 0 amide bonds. The van der Waals surface area contributed by atoms with Crippen LogP contribution in [-0.4, -0.2) is 18.3 Å². The summed E-state index contributed by atoms with van der Waals surface area (Å²) in [6.45, 7) is 0. The molecule has 4 heteroatoms. The van der Waals surface area contributed by atoms with Crippen molar-refractivity contribution in [1.82, 2.24) is 0 Å². The molecular formula is C16H14Cl2O2. The zero-order chi connectivity index (χ0) is 14.5. The highest BCUT2D eigenvalue weighted by Crippen LogP contribution is 2.30. The van der Waals surface area contributed by atoms with Gasteiger partial charge in [-0.05, 0) is 29.8 Å². The Kier molecular flexibility index (Phi) is 5.05. The molecule has 0 bridgehead atoms. The van der Waals surface area contributed by atoms with E-state index in [1.807, 2.05) is 30.3 Å². The van der Waals surface area contributed by atoms with Gasteiger partial charge in [-0.25, -0.2) is 0 Å². The number of ketones is 1. The second-order valence-electron chi connectivity index (χ2n) is 4.31. The van der Waals surface area contributed by atoms with Crippen molar-refractivity contribution in [3.63, 3.8) is 0 Å². The van der Waals surface area contributed by atoms with Gasteiger partial charge in [0.15, 0.2) is 5.78 Å². The van der Waals surface area contributed by atoms with Crippen LogP contribution >= 0.6 is 23.2 Å². The summed E-state index contributed by atoms with van der Waals surface area (Å²) in [7, 11) is 1.57. The van der Waals surface area contributed by atoms with E-state index in [2.05, 4.69) is 0 Å². The van der Waals surface area contributed by atoms with Gasteiger partial charge in [-0.15, -0.1) is 23.2 Å². The van der Waals surface area contributed by atoms with Crippen LogP contribution in [0.3, 0.4) is 0 Å². The van der Waals surface area contributed by atoms with Gasteiger partial charge in [-0.1, -0.05) is 30.3 Å². The number of halogens is 2. The highest BCUT2D eigenvalue weighted by molar-refractivity contribution is 6.39. The van der Waals surface area contributed by atoms with Crippen molar-refractivity contribution >= 4 is 29.0 Å². The molecule has 0 saturated carbocycles. The van der Waals surface area contributed by atoms with Gasteiger partial charge in [0, 0.05) is 5.56 Å². The molecule has 0 spiro atoms. The molecule has 2 atom stereocenters. The molecule has 2 aromatic carbocycles. The Hall–Kier alpha value is -1.51. The van der Waals surface area contributed by atoms with Crippen LogP contribution in [0.5, 0.6) is 5.75 Å². The maximum absolute atomic E-state index is 12.3. The van der Waals surface area contributed by atoms with Crippen molar-refractivity contribution in [1.29, 1.82) is 0 Å². The maximum atomic E-state index is 12.3. The van der Waals surface area contributed by atoms with Gasteiger partial charge in [-0.3, -0.25) is 4.79 Å². The van der Waals surface area contributed by atoms with Crippen molar-refractivity contribution in [2.45, 2.75) is 10.8 Å². The standard InChI is InChI=1S/C16H14Cl2O2/c1-20-13-9-7-12(8-10-13)16(19)15(18)14(17)11-5-3-2-4-6-11/h2-10,14-15H,1H3/t14-,15-/m1/s1. The van der Waals surface area contributed by atoms with Crippen LogP contribution in [0.1, 0.15) is 21.3 Å². The first-order chi connectivity index (χ1) is 9.63. The highest BCUT2D eigenvalue weighted by atomic mass is 35.5. The van der Waals surface area contributed by atoms with Crippen molar-refractivity contribution in [2.24, 2.45) is 0 Å². The lowest BCUT2D eigenvalue weighted by Crippen LogP contribution is -2.20. The summed E-state index contributed by atoms with van der Waals surface area (Å²) in [5.41, 5.74) is 1.35. The monoisotopic (exact) mass is 308 g/mol. The van der Waals surface area contributed by atoms with Crippen molar-refractivity contribution in [3.05, 3.63) is 65.7 Å². The molecule has 0 radical (unpaired) electrons. The fraction of sp³-hybridized carbons (Fsp3) is 0.188. The molecule has 0 unspecified atom stereocenters. The van der Waals surface area contributed by atoms with Crippen LogP contribution in [0.2, 0.25) is 0 Å². The fourth-order valence-electron chi connectivity index (χ4n) is 1.85. The third kappa shape index (κ3) is 3.33. The minimum absolute atomic E-state index is 0.196. The number of carbonyl (C=O) groups is 1. The van der Waals surface area contributed by atoms with Crippen molar-refractivity contribution in [3.8, 4) is 5.75 Å². The second kappa shape index (κ2) is 6.78. The Morgan fingerprint density at radius 2 is 1.60 bits per heavy atom. The second-order valence-corrected chi connectivity index (χ2v) is 5.25. The van der Waals surface area contributed by atoms with E-state index in [-0.39, 0.29) is 5.78 Å². The van der Waals surface area contributed by atoms with Crippen molar-refractivity contribution < 1.29 is 9.53 Å². The summed E-state index contributed by atoms with van der Waals surface area (Å²) in [6.07, 6.45) is 0. The maximum Gasteiger partial charge on any atom is 0.182 e. The minimum Gasteiger partial charge on any atom is -0.497 e. The summed E-state index contributed by atoms with van der Waals surface area (Å²) in [5.74, 6) is 0.497. The number of rotatable bonds is 5. The van der Waals surface area contributed by atoms with E-state index >= 15 is 0 Å². The first-order valence-corrected chi connectivity index (χ1v) is 7.02. The molecule has 0 heterocycles. The molecule has 0 aliphatic rings. The molecule has 0 saturated heterocycles. The third-order valence-electron chi connectivity index (χ3n) is 3.00. The Bertz CT molecular complexity index is 567. The number of hydrogen-bond donors (Lipinski definition) is 0. The number of methoxy groups -OCH3 is 1. The molecule has 2 nitrogen and oxygen atoms in total. The number of ether oxygens (including phenoxy) is 1. The molecule has 104 valence electrons. The lowest BCUT2D eigenvalue weighted by atomic mass is 10.0. The number of benzene rings is 2. The van der Waals surface area contributed by atoms with Crippen LogP contribution < -0.4 is 4.74 Å². The summed E-state index contributed by atoms with van der Waals surface area (Å²) in [5, 5.41) is -1.38. The van der Waals surface area contributed by atoms with Gasteiger partial charge in [0.1, 0.15) is 11.1 Å². The molecule has 2 aromatic rings. The molecule has 0 N–H and O–H groups in total. The fourth-order valence-corrected chi connectivity index (χ4v) is 2.38. The highest BCUT2D eigenvalue weighted by Gasteiger charge is 2.26. The van der Waals surface area contributed by atoms with E-state index < -0.39 is 10.8 Å². The third-order valence-corrected chi connectivity index (χ3v) is 4.08. The average molecular weight is 309 g/mol. The van der Waals surface area contributed by atoms with Gasteiger partial charge >= 0.3 is 0 Å². The van der Waals surface area contributed by atoms with E-state index in [1.54, 1.807) is 31.4 Å². The minimum atomic E-state index is -0.813. The Morgan fingerprint density at radius 3 is 2.15 bits per heavy atom. The first kappa shape index (κ1) is 14.9. The number of hydrogen-bond acceptors (Lipinski definition) is 2. The molecular weight excluding hydrogens is 295 g/mol. The largest absolute Gasteiger partial charge is 0.497 e. The van der Waals surface area contributed by atoms with E-state index in [0.29, 0.717) is 11.3 Å². The smallest absolute Gasteiger partial charge is 0.182 e. The summed E-state index contributed by atoms with van der Waals surface area (Å²) in [6, 6.07) is 16.2. The Balaban J connectivity index is 2.15. The number of Topliss-reactive ketones (excluding diaryl/α,β-unsaturated/α-hetero) is 1. The predicted molar refractivity (Wildman–Crippen MR) is 82.0 cm³/mol. The Morgan fingerprint density at radius 1 is 1.00 bits per heavy atom. The molecule has 2 rings (SSSR count). The van der Waals surface area contributed by atoms with Crippen LogP contribution in [-0.2, 0) is 0 Å². The normalized spacial score (nSPS) is 13.6. The molecule has 20 heavy (non-hydrogen) atoms. The summed E-state index contributed by atoms with van der Waals surface area (Å²) < 4.78 is 5.06.